The van der Waals surface area contributed by atoms with Gasteiger partial charge in [-0.25, -0.2) is 9.48 Å². The van der Waals surface area contributed by atoms with Gasteiger partial charge in [0.05, 0.1) is 10.5 Å². The second-order valence-corrected chi connectivity index (χ2v) is 7.34. The molecule has 0 aliphatic carbocycles. The number of nitrogens with zero attached hydrogens (tertiary/aromatic N) is 5. The number of tetrazole rings is 1. The summed E-state index contributed by atoms with van der Waals surface area (Å²) in [6.07, 6.45) is 0. The molecular weight excluding hydrogens is 410 g/mol. The van der Waals surface area contributed by atoms with Crippen LogP contribution in [0.3, 0.4) is 0 Å². The van der Waals surface area contributed by atoms with Gasteiger partial charge in [0.25, 0.3) is 5.69 Å². The fourth-order valence-electron chi connectivity index (χ4n) is 2.67. The van der Waals surface area contributed by atoms with Crippen LogP contribution < -0.4 is 4.74 Å². The highest BCUT2D eigenvalue weighted by atomic mass is 32.2. The van der Waals surface area contributed by atoms with Crippen molar-refractivity contribution >= 4 is 23.4 Å². The molecule has 156 valence electrons. The lowest BCUT2D eigenvalue weighted by Crippen LogP contribution is -2.14. The van der Waals surface area contributed by atoms with E-state index in [1.807, 2.05) is 32.0 Å². The van der Waals surface area contributed by atoms with Crippen molar-refractivity contribution in [1.82, 2.24) is 20.2 Å². The number of carbonyl (C=O) groups is 1. The predicted molar refractivity (Wildman–Crippen MR) is 108 cm³/mol. The molecule has 10 nitrogen and oxygen atoms in total. The molecule has 0 N–H and O–H groups in total. The third-order valence-electron chi connectivity index (χ3n) is 4.15. The molecule has 0 spiro atoms. The number of rotatable bonds is 8. The molecule has 3 aromatic rings. The number of esters is 1. The standard InChI is InChI=1S/C19H19N5O5S/c1-12-5-4-6-13(2)17(12)28-9-10-29-18(25)15-11-14(24(26)27)7-8-16(15)30-19-20-21-22-23(19)3/h4-8,11H,9-10H2,1-3H3. The summed E-state index contributed by atoms with van der Waals surface area (Å²) in [5.41, 5.74) is 1.81. The lowest BCUT2D eigenvalue weighted by molar-refractivity contribution is -0.384. The summed E-state index contributed by atoms with van der Waals surface area (Å²) in [6.45, 7) is 4.01. The van der Waals surface area contributed by atoms with Crippen molar-refractivity contribution in [2.45, 2.75) is 23.9 Å². The SMILES string of the molecule is Cc1cccc(C)c1OCCOC(=O)c1cc([N+](=O)[O-])ccc1Sc1nnnn1C. The van der Waals surface area contributed by atoms with E-state index in [9.17, 15) is 14.9 Å². The number of carbonyl (C=O) groups excluding carboxylic acids is 1. The quantitative estimate of drug-likeness (QED) is 0.230. The third kappa shape index (κ3) is 4.92. The van der Waals surface area contributed by atoms with Crippen LogP contribution in [-0.4, -0.2) is 44.3 Å². The number of hydrogen-bond acceptors (Lipinski definition) is 9. The van der Waals surface area contributed by atoms with E-state index in [0.717, 1.165) is 28.6 Å². The summed E-state index contributed by atoms with van der Waals surface area (Å²) in [4.78, 5) is 23.6. The van der Waals surface area contributed by atoms with Gasteiger partial charge in [0, 0.05) is 24.1 Å². The molecule has 0 bridgehead atoms. The molecule has 0 aliphatic rings. The number of ether oxygens (including phenoxy) is 2. The predicted octanol–water partition coefficient (Wildman–Crippen LogP) is 3.12. The maximum Gasteiger partial charge on any atom is 0.339 e. The first-order chi connectivity index (χ1) is 14.4. The van der Waals surface area contributed by atoms with Gasteiger partial charge in [-0.3, -0.25) is 10.1 Å². The molecule has 0 atom stereocenters. The van der Waals surface area contributed by atoms with Crippen LogP contribution in [0.25, 0.3) is 0 Å². The lowest BCUT2D eigenvalue weighted by atomic mass is 10.1. The average molecular weight is 429 g/mol. The Kier molecular flexibility index (Phi) is 6.62. The molecule has 1 aromatic heterocycles. The van der Waals surface area contributed by atoms with Gasteiger partial charge in [0.2, 0.25) is 5.16 Å². The van der Waals surface area contributed by atoms with Crippen LogP contribution >= 0.6 is 11.8 Å². The highest BCUT2D eigenvalue weighted by Gasteiger charge is 2.20. The Balaban J connectivity index is 1.71. The molecule has 0 saturated carbocycles. The average Bonchev–Trinajstić information content (AvgIpc) is 3.11. The molecule has 0 radical (unpaired) electrons. The third-order valence-corrected chi connectivity index (χ3v) is 5.25. The van der Waals surface area contributed by atoms with Gasteiger partial charge >= 0.3 is 5.97 Å². The number of nitro groups is 1. The van der Waals surface area contributed by atoms with Crippen molar-refractivity contribution in [3.63, 3.8) is 0 Å². The van der Waals surface area contributed by atoms with Crippen LogP contribution in [-0.2, 0) is 11.8 Å². The molecule has 11 heteroatoms. The fourth-order valence-corrected chi connectivity index (χ4v) is 3.50. The second-order valence-electron chi connectivity index (χ2n) is 6.33. The molecule has 1 heterocycles. The van der Waals surface area contributed by atoms with E-state index in [4.69, 9.17) is 9.47 Å². The number of para-hydroxylation sites is 1. The topological polar surface area (TPSA) is 122 Å². The summed E-state index contributed by atoms with van der Waals surface area (Å²) >= 11 is 1.11. The summed E-state index contributed by atoms with van der Waals surface area (Å²) in [5, 5.41) is 22.7. The maximum atomic E-state index is 12.6. The van der Waals surface area contributed by atoms with Crippen molar-refractivity contribution < 1.29 is 19.2 Å². The van der Waals surface area contributed by atoms with E-state index in [2.05, 4.69) is 15.5 Å². The Bertz CT molecular complexity index is 1060. The number of benzene rings is 2. The van der Waals surface area contributed by atoms with E-state index in [-0.39, 0.29) is 24.5 Å². The number of aromatic nitrogens is 4. The first-order valence-corrected chi connectivity index (χ1v) is 9.73. The van der Waals surface area contributed by atoms with Crippen molar-refractivity contribution in [3.8, 4) is 5.75 Å². The summed E-state index contributed by atoms with van der Waals surface area (Å²) in [6, 6.07) is 9.77. The van der Waals surface area contributed by atoms with Crippen LogP contribution in [0.5, 0.6) is 5.75 Å². The largest absolute Gasteiger partial charge is 0.489 e. The zero-order chi connectivity index (χ0) is 21.7. The highest BCUT2D eigenvalue weighted by molar-refractivity contribution is 7.99. The van der Waals surface area contributed by atoms with Crippen LogP contribution in [0.15, 0.2) is 46.5 Å². The molecule has 2 aromatic carbocycles. The summed E-state index contributed by atoms with van der Waals surface area (Å²) in [7, 11) is 1.65. The van der Waals surface area contributed by atoms with Crippen LogP contribution in [0, 0.1) is 24.0 Å². The van der Waals surface area contributed by atoms with Crippen LogP contribution in [0.1, 0.15) is 21.5 Å². The number of hydrogen-bond donors (Lipinski definition) is 0. The number of aryl methyl sites for hydroxylation is 3. The monoisotopic (exact) mass is 429 g/mol. The van der Waals surface area contributed by atoms with E-state index in [1.165, 1.54) is 22.9 Å². The molecule has 3 rings (SSSR count). The zero-order valence-corrected chi connectivity index (χ0v) is 17.4. The normalized spacial score (nSPS) is 10.6. The van der Waals surface area contributed by atoms with Gasteiger partial charge < -0.3 is 9.47 Å². The van der Waals surface area contributed by atoms with Crippen molar-refractivity contribution in [1.29, 1.82) is 0 Å². The molecule has 0 saturated heterocycles. The van der Waals surface area contributed by atoms with Gasteiger partial charge in [-0.2, -0.15) is 0 Å². The van der Waals surface area contributed by atoms with E-state index in [0.29, 0.717) is 10.1 Å². The zero-order valence-electron chi connectivity index (χ0n) is 16.6. The van der Waals surface area contributed by atoms with Gasteiger partial charge in [0.1, 0.15) is 19.0 Å². The molecule has 0 fully saturated rings. The Morgan fingerprint density at radius 3 is 2.57 bits per heavy atom. The highest BCUT2D eigenvalue weighted by Crippen LogP contribution is 2.31. The molecule has 0 unspecified atom stereocenters. The minimum atomic E-state index is -0.693. The van der Waals surface area contributed by atoms with E-state index < -0.39 is 10.9 Å². The minimum Gasteiger partial charge on any atom is -0.489 e. The Hall–Kier alpha value is -3.47. The Labute approximate surface area is 176 Å². The Morgan fingerprint density at radius 2 is 1.93 bits per heavy atom. The van der Waals surface area contributed by atoms with Crippen LogP contribution in [0.4, 0.5) is 5.69 Å². The summed E-state index contributed by atoms with van der Waals surface area (Å²) < 4.78 is 12.5. The lowest BCUT2D eigenvalue weighted by Gasteiger charge is -2.12. The van der Waals surface area contributed by atoms with E-state index >= 15 is 0 Å². The maximum absolute atomic E-state index is 12.6. The Morgan fingerprint density at radius 1 is 1.20 bits per heavy atom. The van der Waals surface area contributed by atoms with Gasteiger partial charge in [-0.05, 0) is 53.2 Å². The first-order valence-electron chi connectivity index (χ1n) is 8.91. The number of nitro benzene ring substituents is 1. The van der Waals surface area contributed by atoms with Gasteiger partial charge in [0.15, 0.2) is 0 Å². The van der Waals surface area contributed by atoms with Gasteiger partial charge in [-0.1, -0.05) is 18.2 Å². The summed E-state index contributed by atoms with van der Waals surface area (Å²) in [5.74, 6) is 0.0522. The van der Waals surface area contributed by atoms with Crippen molar-refractivity contribution in [2.24, 2.45) is 7.05 Å². The first kappa shape index (κ1) is 21.2. The molecule has 0 aliphatic heterocycles. The molecule has 0 amide bonds. The fraction of sp³-hybridized carbons (Fsp3) is 0.263. The number of non-ortho nitro benzene ring substituents is 1. The second kappa shape index (κ2) is 9.35. The minimum absolute atomic E-state index is 0.00901. The smallest absolute Gasteiger partial charge is 0.339 e. The van der Waals surface area contributed by atoms with Gasteiger partial charge in [-0.15, -0.1) is 5.10 Å². The van der Waals surface area contributed by atoms with Crippen molar-refractivity contribution in [2.75, 3.05) is 13.2 Å². The van der Waals surface area contributed by atoms with E-state index in [1.54, 1.807) is 7.05 Å². The molecular formula is C19H19N5O5S. The van der Waals surface area contributed by atoms with Crippen LogP contribution in [0.2, 0.25) is 0 Å². The van der Waals surface area contributed by atoms with Crippen molar-refractivity contribution in [3.05, 3.63) is 63.2 Å². The molecule has 30 heavy (non-hydrogen) atoms.